The Balaban J connectivity index is 1.34. The van der Waals surface area contributed by atoms with E-state index < -0.39 is 0 Å². The van der Waals surface area contributed by atoms with E-state index in [1.807, 2.05) is 37.3 Å². The number of rotatable bonds is 4. The zero-order chi connectivity index (χ0) is 18.9. The normalized spacial score (nSPS) is 24.8. The smallest absolute Gasteiger partial charge is 0.271 e. The first kappa shape index (κ1) is 17.6. The molecule has 0 spiro atoms. The number of benzene rings is 1. The number of likely N-dealkylation sites (tertiary alicyclic amines) is 1. The summed E-state index contributed by atoms with van der Waals surface area (Å²) in [7, 11) is 0. The van der Waals surface area contributed by atoms with Crippen molar-refractivity contribution in [2.75, 3.05) is 13.1 Å². The average Bonchev–Trinajstić information content (AvgIpc) is 3.34. The Labute approximate surface area is 164 Å². The Morgan fingerprint density at radius 1 is 1.04 bits per heavy atom. The lowest BCUT2D eigenvalue weighted by atomic mass is 9.75. The molecular weight excluding hydrogens is 352 g/mol. The maximum atomic E-state index is 6.07. The van der Waals surface area contributed by atoms with Crippen molar-refractivity contribution in [1.82, 2.24) is 15.4 Å². The van der Waals surface area contributed by atoms with Crippen molar-refractivity contribution in [1.29, 1.82) is 0 Å². The molecule has 2 aromatic heterocycles. The van der Waals surface area contributed by atoms with Crippen LogP contribution in [0.4, 0.5) is 0 Å². The standard InChI is InChI=1S/C22H26N4O2/c1-15-20(21(25-28-15)17-8-3-2-4-9-17)22-24-23-19(27-22)14-26-12-11-16-7-5-6-10-18(16)13-26/h2-4,8-9,16,18H,5-7,10-14H2,1H3/p+1/t16-,18+/m0/s1. The van der Waals surface area contributed by atoms with Crippen molar-refractivity contribution < 1.29 is 13.8 Å². The number of hydrogen-bond donors (Lipinski definition) is 1. The topological polar surface area (TPSA) is 69.4 Å². The van der Waals surface area contributed by atoms with Crippen LogP contribution >= 0.6 is 0 Å². The first-order chi connectivity index (χ1) is 13.8. The quantitative estimate of drug-likeness (QED) is 0.753. The molecular formula is C22H27N4O2+. The molecule has 6 nitrogen and oxygen atoms in total. The van der Waals surface area contributed by atoms with Crippen LogP contribution in [0.5, 0.6) is 0 Å². The third kappa shape index (κ3) is 3.37. The van der Waals surface area contributed by atoms with E-state index in [0.717, 1.165) is 35.2 Å². The van der Waals surface area contributed by atoms with E-state index in [1.54, 1.807) is 4.90 Å². The van der Waals surface area contributed by atoms with Crippen molar-refractivity contribution in [2.45, 2.75) is 45.6 Å². The molecule has 0 radical (unpaired) electrons. The van der Waals surface area contributed by atoms with Crippen LogP contribution in [0.2, 0.25) is 0 Å². The van der Waals surface area contributed by atoms with E-state index in [4.69, 9.17) is 8.94 Å². The summed E-state index contributed by atoms with van der Waals surface area (Å²) in [5, 5.41) is 12.9. The van der Waals surface area contributed by atoms with Crippen LogP contribution in [0.25, 0.3) is 22.7 Å². The van der Waals surface area contributed by atoms with E-state index in [0.29, 0.717) is 17.5 Å². The van der Waals surface area contributed by atoms with Gasteiger partial charge in [0, 0.05) is 11.5 Å². The highest BCUT2D eigenvalue weighted by atomic mass is 16.5. The number of hydrogen-bond acceptors (Lipinski definition) is 5. The number of quaternary nitrogens is 1. The van der Waals surface area contributed by atoms with Crippen LogP contribution in [0.15, 0.2) is 39.3 Å². The Morgan fingerprint density at radius 2 is 1.86 bits per heavy atom. The zero-order valence-corrected chi connectivity index (χ0v) is 16.4. The molecule has 1 unspecified atom stereocenters. The summed E-state index contributed by atoms with van der Waals surface area (Å²) in [5.74, 6) is 3.73. The van der Waals surface area contributed by atoms with Gasteiger partial charge in [-0.25, -0.2) is 0 Å². The number of aryl methyl sites for hydroxylation is 1. The second kappa shape index (κ2) is 7.51. The number of nitrogens with zero attached hydrogens (tertiary/aromatic N) is 3. The summed E-state index contributed by atoms with van der Waals surface area (Å²) in [5.41, 5.74) is 2.54. The number of piperidine rings is 1. The van der Waals surface area contributed by atoms with Gasteiger partial charge in [-0.3, -0.25) is 0 Å². The molecule has 0 amide bonds. The molecule has 1 aliphatic carbocycles. The second-order valence-corrected chi connectivity index (χ2v) is 8.30. The first-order valence-corrected chi connectivity index (χ1v) is 10.5. The summed E-state index contributed by atoms with van der Waals surface area (Å²) in [4.78, 5) is 1.57. The van der Waals surface area contributed by atoms with Crippen molar-refractivity contribution >= 4 is 0 Å². The lowest BCUT2D eigenvalue weighted by Gasteiger charge is -2.38. The van der Waals surface area contributed by atoms with Gasteiger partial charge in [-0.1, -0.05) is 48.3 Å². The monoisotopic (exact) mass is 379 g/mol. The number of aromatic nitrogens is 3. The van der Waals surface area contributed by atoms with Gasteiger partial charge in [0.15, 0.2) is 6.54 Å². The fourth-order valence-corrected chi connectivity index (χ4v) is 5.01. The van der Waals surface area contributed by atoms with Crippen LogP contribution in [0.1, 0.15) is 43.8 Å². The Bertz CT molecular complexity index is 933. The largest absolute Gasteiger partial charge is 0.415 e. The molecule has 1 N–H and O–H groups in total. The minimum absolute atomic E-state index is 0.500. The molecule has 3 atom stereocenters. The Hall–Kier alpha value is -2.47. The highest BCUT2D eigenvalue weighted by Crippen LogP contribution is 2.34. The lowest BCUT2D eigenvalue weighted by Crippen LogP contribution is -3.12. The van der Waals surface area contributed by atoms with Crippen LogP contribution in [0.3, 0.4) is 0 Å². The van der Waals surface area contributed by atoms with Gasteiger partial charge in [-0.15, -0.1) is 10.2 Å². The van der Waals surface area contributed by atoms with Crippen molar-refractivity contribution in [3.8, 4) is 22.7 Å². The van der Waals surface area contributed by atoms with Gasteiger partial charge < -0.3 is 13.8 Å². The number of fused-ring (bicyclic) bond motifs is 1. The lowest BCUT2D eigenvalue weighted by molar-refractivity contribution is -0.925. The van der Waals surface area contributed by atoms with Gasteiger partial charge >= 0.3 is 0 Å². The maximum Gasteiger partial charge on any atom is 0.271 e. The molecule has 146 valence electrons. The molecule has 28 heavy (non-hydrogen) atoms. The average molecular weight is 379 g/mol. The van der Waals surface area contributed by atoms with Crippen LogP contribution in [-0.2, 0) is 6.54 Å². The van der Waals surface area contributed by atoms with Crippen molar-refractivity contribution in [2.24, 2.45) is 11.8 Å². The SMILES string of the molecule is Cc1onc(-c2ccccc2)c1-c1nnc(C[NH+]2CC[C@@H]3CCCC[C@@H]3C2)o1. The van der Waals surface area contributed by atoms with Gasteiger partial charge in [0.05, 0.1) is 13.1 Å². The van der Waals surface area contributed by atoms with Crippen molar-refractivity contribution in [3.63, 3.8) is 0 Å². The fraction of sp³-hybridized carbons (Fsp3) is 0.500. The van der Waals surface area contributed by atoms with E-state index in [-0.39, 0.29) is 0 Å². The molecule has 1 aromatic carbocycles. The molecule has 1 aliphatic heterocycles. The predicted molar refractivity (Wildman–Crippen MR) is 104 cm³/mol. The van der Waals surface area contributed by atoms with E-state index >= 15 is 0 Å². The zero-order valence-electron chi connectivity index (χ0n) is 16.4. The second-order valence-electron chi connectivity index (χ2n) is 8.30. The molecule has 0 bridgehead atoms. The summed E-state index contributed by atoms with van der Waals surface area (Å²) < 4.78 is 11.5. The van der Waals surface area contributed by atoms with Gasteiger partial charge in [-0.2, -0.15) is 0 Å². The third-order valence-electron chi connectivity index (χ3n) is 6.48. The minimum atomic E-state index is 0.500. The molecule has 1 saturated heterocycles. The molecule has 3 aromatic rings. The summed E-state index contributed by atoms with van der Waals surface area (Å²) in [6.07, 6.45) is 6.98. The Kier molecular flexibility index (Phi) is 4.72. The summed E-state index contributed by atoms with van der Waals surface area (Å²) in [6, 6.07) is 9.98. The Morgan fingerprint density at radius 3 is 2.71 bits per heavy atom. The summed E-state index contributed by atoms with van der Waals surface area (Å²) >= 11 is 0. The van der Waals surface area contributed by atoms with Gasteiger partial charge in [0.25, 0.3) is 11.8 Å². The first-order valence-electron chi connectivity index (χ1n) is 10.5. The van der Waals surface area contributed by atoms with Gasteiger partial charge in [-0.05, 0) is 32.1 Å². The molecule has 2 fully saturated rings. The highest BCUT2D eigenvalue weighted by molar-refractivity contribution is 5.77. The molecule has 6 heteroatoms. The van der Waals surface area contributed by atoms with E-state index in [1.165, 1.54) is 45.2 Å². The van der Waals surface area contributed by atoms with Gasteiger partial charge in [0.1, 0.15) is 17.0 Å². The molecule has 1 saturated carbocycles. The molecule has 2 aliphatic rings. The van der Waals surface area contributed by atoms with Crippen molar-refractivity contribution in [3.05, 3.63) is 42.0 Å². The van der Waals surface area contributed by atoms with Crippen LogP contribution in [0, 0.1) is 18.8 Å². The minimum Gasteiger partial charge on any atom is -0.415 e. The van der Waals surface area contributed by atoms with E-state index in [9.17, 15) is 0 Å². The number of nitrogens with one attached hydrogen (secondary N) is 1. The highest BCUT2D eigenvalue weighted by Gasteiger charge is 2.34. The fourth-order valence-electron chi connectivity index (χ4n) is 5.01. The maximum absolute atomic E-state index is 6.07. The molecule has 5 rings (SSSR count). The van der Waals surface area contributed by atoms with E-state index in [2.05, 4.69) is 15.4 Å². The van der Waals surface area contributed by atoms with Gasteiger partial charge in [0.2, 0.25) is 0 Å². The molecule has 3 heterocycles. The van der Waals surface area contributed by atoms with Crippen LogP contribution in [-0.4, -0.2) is 28.4 Å². The third-order valence-corrected chi connectivity index (χ3v) is 6.48. The predicted octanol–water partition coefficient (Wildman–Crippen LogP) is 3.30. The summed E-state index contributed by atoms with van der Waals surface area (Å²) in [6.45, 7) is 5.14. The van der Waals surface area contributed by atoms with Crippen LogP contribution < -0.4 is 4.90 Å².